The first-order valence-electron chi connectivity index (χ1n) is 7.52. The highest BCUT2D eigenvalue weighted by Gasteiger charge is 2.36. The average Bonchev–Trinajstić information content (AvgIpc) is 2.87. The fourth-order valence-corrected chi connectivity index (χ4v) is 2.56. The van der Waals surface area contributed by atoms with Crippen LogP contribution in [0.4, 0.5) is 10.1 Å². The van der Waals surface area contributed by atoms with Gasteiger partial charge in [0, 0.05) is 5.69 Å². The largest absolute Gasteiger partial charge is 0.331 e. The van der Waals surface area contributed by atoms with Crippen molar-refractivity contribution in [3.05, 3.63) is 65.5 Å². The normalized spacial score (nSPS) is 12.6. The van der Waals surface area contributed by atoms with Gasteiger partial charge in [0.15, 0.2) is 5.11 Å². The standard InChI is InChI=1S/C17H13FN4O3S/c18-10-5-7-11(8-6-10)19-17(26)21-20-14(23)9-22-15(24)12-3-1-2-4-13(12)16(22)25/h1-8H,9H2,(H,20,23)(H2,19,21,26). The number of imide groups is 1. The van der Waals surface area contributed by atoms with Gasteiger partial charge in [-0.25, -0.2) is 4.39 Å². The molecule has 0 saturated heterocycles. The van der Waals surface area contributed by atoms with E-state index >= 15 is 0 Å². The summed E-state index contributed by atoms with van der Waals surface area (Å²) in [7, 11) is 0. The second-order valence-electron chi connectivity index (χ2n) is 5.38. The van der Waals surface area contributed by atoms with Crippen molar-refractivity contribution in [1.82, 2.24) is 15.8 Å². The molecule has 26 heavy (non-hydrogen) atoms. The summed E-state index contributed by atoms with van der Waals surface area (Å²) in [5, 5.41) is 2.80. The third-order valence-corrected chi connectivity index (χ3v) is 3.80. The number of amides is 3. The summed E-state index contributed by atoms with van der Waals surface area (Å²) in [4.78, 5) is 37.2. The Morgan fingerprint density at radius 1 is 0.962 bits per heavy atom. The van der Waals surface area contributed by atoms with Gasteiger partial charge in [0.05, 0.1) is 11.1 Å². The predicted molar refractivity (Wildman–Crippen MR) is 95.7 cm³/mol. The van der Waals surface area contributed by atoms with Crippen LogP contribution in [0, 0.1) is 5.82 Å². The van der Waals surface area contributed by atoms with Gasteiger partial charge in [-0.3, -0.25) is 30.1 Å². The summed E-state index contributed by atoms with van der Waals surface area (Å²) in [6, 6.07) is 11.8. The number of hydrogen-bond donors (Lipinski definition) is 3. The number of nitrogens with one attached hydrogen (secondary N) is 3. The smallest absolute Gasteiger partial charge is 0.262 e. The average molecular weight is 372 g/mol. The van der Waals surface area contributed by atoms with Gasteiger partial charge in [0.2, 0.25) is 0 Å². The highest BCUT2D eigenvalue weighted by Crippen LogP contribution is 2.21. The number of hydrazine groups is 1. The quantitative estimate of drug-likeness (QED) is 0.429. The first-order valence-corrected chi connectivity index (χ1v) is 7.93. The van der Waals surface area contributed by atoms with Gasteiger partial charge in [-0.05, 0) is 48.6 Å². The van der Waals surface area contributed by atoms with Gasteiger partial charge >= 0.3 is 0 Å². The molecule has 0 aliphatic carbocycles. The van der Waals surface area contributed by atoms with Gasteiger partial charge in [-0.15, -0.1) is 0 Å². The molecule has 0 saturated carbocycles. The Labute approximate surface area is 153 Å². The summed E-state index contributed by atoms with van der Waals surface area (Å²) < 4.78 is 12.8. The Morgan fingerprint density at radius 2 is 1.54 bits per heavy atom. The van der Waals surface area contributed by atoms with Crippen LogP contribution in [-0.4, -0.2) is 34.3 Å². The summed E-state index contributed by atoms with van der Waals surface area (Å²) in [5.74, 6) is -2.05. The van der Waals surface area contributed by atoms with Gasteiger partial charge in [-0.2, -0.15) is 0 Å². The van der Waals surface area contributed by atoms with E-state index in [4.69, 9.17) is 12.2 Å². The zero-order chi connectivity index (χ0) is 18.7. The lowest BCUT2D eigenvalue weighted by molar-refractivity contribution is -0.121. The third kappa shape index (κ3) is 3.67. The molecule has 0 atom stereocenters. The highest BCUT2D eigenvalue weighted by molar-refractivity contribution is 7.80. The molecule has 0 bridgehead atoms. The second kappa shape index (κ2) is 7.28. The number of halogens is 1. The Hall–Kier alpha value is -3.33. The highest BCUT2D eigenvalue weighted by atomic mass is 32.1. The van der Waals surface area contributed by atoms with E-state index in [1.165, 1.54) is 36.4 Å². The molecule has 1 aliphatic rings. The molecule has 2 aromatic rings. The summed E-state index contributed by atoms with van der Waals surface area (Å²) in [6.45, 7) is -0.446. The molecule has 9 heteroatoms. The fraction of sp³-hybridized carbons (Fsp3) is 0.0588. The van der Waals surface area contributed by atoms with Crippen LogP contribution >= 0.6 is 12.2 Å². The summed E-state index contributed by atoms with van der Waals surface area (Å²) in [6.07, 6.45) is 0. The van der Waals surface area contributed by atoms with Crippen LogP contribution in [0.5, 0.6) is 0 Å². The number of rotatable bonds is 3. The molecule has 0 radical (unpaired) electrons. The number of anilines is 1. The molecule has 3 N–H and O–H groups in total. The zero-order valence-corrected chi connectivity index (χ0v) is 14.1. The van der Waals surface area contributed by atoms with Crippen LogP contribution in [0.15, 0.2) is 48.5 Å². The zero-order valence-electron chi connectivity index (χ0n) is 13.3. The van der Waals surface area contributed by atoms with E-state index in [-0.39, 0.29) is 22.1 Å². The lowest BCUT2D eigenvalue weighted by Gasteiger charge is -2.15. The van der Waals surface area contributed by atoms with Crippen molar-refractivity contribution in [2.75, 3.05) is 11.9 Å². The molecule has 1 heterocycles. The van der Waals surface area contributed by atoms with Crippen molar-refractivity contribution in [1.29, 1.82) is 0 Å². The SMILES string of the molecule is O=C(CN1C(=O)c2ccccc2C1=O)NNC(=S)Nc1ccc(F)cc1. The van der Waals surface area contributed by atoms with Crippen molar-refractivity contribution < 1.29 is 18.8 Å². The molecule has 2 aromatic carbocycles. The minimum atomic E-state index is -0.622. The number of thiocarbonyl (C=S) groups is 1. The molecule has 0 unspecified atom stereocenters. The van der Waals surface area contributed by atoms with Gasteiger partial charge in [0.25, 0.3) is 17.7 Å². The van der Waals surface area contributed by atoms with E-state index in [9.17, 15) is 18.8 Å². The van der Waals surface area contributed by atoms with E-state index in [1.54, 1.807) is 12.1 Å². The molecule has 0 spiro atoms. The minimum Gasteiger partial charge on any atom is -0.331 e. The van der Waals surface area contributed by atoms with E-state index in [2.05, 4.69) is 16.2 Å². The summed E-state index contributed by atoms with van der Waals surface area (Å²) >= 11 is 4.99. The van der Waals surface area contributed by atoms with Crippen LogP contribution < -0.4 is 16.2 Å². The predicted octanol–water partition coefficient (Wildman–Crippen LogP) is 1.44. The number of nitrogens with zero attached hydrogens (tertiary/aromatic N) is 1. The molecular formula is C17H13FN4O3S. The Morgan fingerprint density at radius 3 is 2.12 bits per heavy atom. The molecule has 0 fully saturated rings. The Kier molecular flexibility index (Phi) is 4.90. The van der Waals surface area contributed by atoms with Crippen molar-refractivity contribution in [3.63, 3.8) is 0 Å². The molecule has 132 valence electrons. The maximum absolute atomic E-state index is 12.8. The van der Waals surface area contributed by atoms with Crippen LogP contribution in [0.25, 0.3) is 0 Å². The number of carbonyl (C=O) groups excluding carboxylic acids is 3. The molecule has 0 aromatic heterocycles. The maximum atomic E-state index is 12.8. The van der Waals surface area contributed by atoms with Crippen molar-refractivity contribution in [2.24, 2.45) is 0 Å². The first-order chi connectivity index (χ1) is 12.5. The number of hydrogen-bond acceptors (Lipinski definition) is 4. The Balaban J connectivity index is 1.52. The van der Waals surface area contributed by atoms with Gasteiger partial charge in [-0.1, -0.05) is 12.1 Å². The van der Waals surface area contributed by atoms with E-state index in [0.29, 0.717) is 5.69 Å². The molecule has 7 nitrogen and oxygen atoms in total. The molecular weight excluding hydrogens is 359 g/mol. The number of fused-ring (bicyclic) bond motifs is 1. The minimum absolute atomic E-state index is 0.0623. The summed E-state index contributed by atoms with van der Waals surface area (Å²) in [5.41, 5.74) is 5.81. The van der Waals surface area contributed by atoms with Crippen LogP contribution in [-0.2, 0) is 4.79 Å². The van der Waals surface area contributed by atoms with Gasteiger partial charge < -0.3 is 5.32 Å². The molecule has 1 aliphatic heterocycles. The van der Waals surface area contributed by atoms with E-state index in [1.807, 2.05) is 0 Å². The topological polar surface area (TPSA) is 90.5 Å². The first kappa shape index (κ1) is 17.5. The van der Waals surface area contributed by atoms with Crippen molar-refractivity contribution in [3.8, 4) is 0 Å². The lowest BCUT2D eigenvalue weighted by Crippen LogP contribution is -2.48. The third-order valence-electron chi connectivity index (χ3n) is 3.60. The molecule has 3 rings (SSSR count). The molecule has 3 amide bonds. The number of carbonyl (C=O) groups is 3. The fourth-order valence-electron chi connectivity index (χ4n) is 2.39. The van der Waals surface area contributed by atoms with E-state index < -0.39 is 24.3 Å². The van der Waals surface area contributed by atoms with Crippen LogP contribution in [0.2, 0.25) is 0 Å². The maximum Gasteiger partial charge on any atom is 0.262 e. The second-order valence-corrected chi connectivity index (χ2v) is 5.78. The number of benzene rings is 2. The van der Waals surface area contributed by atoms with Crippen molar-refractivity contribution in [2.45, 2.75) is 0 Å². The van der Waals surface area contributed by atoms with Crippen LogP contribution in [0.1, 0.15) is 20.7 Å². The lowest BCUT2D eigenvalue weighted by atomic mass is 10.1. The van der Waals surface area contributed by atoms with Crippen LogP contribution in [0.3, 0.4) is 0 Å². The van der Waals surface area contributed by atoms with Gasteiger partial charge in [0.1, 0.15) is 12.4 Å². The van der Waals surface area contributed by atoms with E-state index in [0.717, 1.165) is 4.90 Å². The Bertz CT molecular complexity index is 866. The monoisotopic (exact) mass is 372 g/mol. The van der Waals surface area contributed by atoms with Crippen molar-refractivity contribution >= 4 is 40.7 Å².